The average Bonchev–Trinajstić information content (AvgIpc) is 2.86. The Labute approximate surface area is 218 Å². The Kier molecular flexibility index (Phi) is 7.93. The summed E-state index contributed by atoms with van der Waals surface area (Å²) in [6, 6.07) is 17.8. The molecule has 0 aliphatic carbocycles. The van der Waals surface area contributed by atoms with Crippen LogP contribution in [-0.2, 0) is 16.2 Å². The number of hydrogen-bond donors (Lipinski definition) is 1. The molecule has 7 nitrogen and oxygen atoms in total. The molecule has 0 bridgehead atoms. The van der Waals surface area contributed by atoms with Crippen LogP contribution < -0.4 is 19.7 Å². The van der Waals surface area contributed by atoms with E-state index in [4.69, 9.17) is 32.7 Å². The summed E-state index contributed by atoms with van der Waals surface area (Å²) in [7, 11) is 0. The Morgan fingerprint density at radius 3 is 2.31 bits per heavy atom. The summed E-state index contributed by atoms with van der Waals surface area (Å²) in [4.78, 5) is 39.0. The maximum atomic E-state index is 13.1. The number of barbiturate groups is 1. The van der Waals surface area contributed by atoms with Crippen molar-refractivity contribution in [3.63, 3.8) is 0 Å². The third-order valence-electron chi connectivity index (χ3n) is 5.24. The third kappa shape index (κ3) is 5.87. The van der Waals surface area contributed by atoms with E-state index >= 15 is 0 Å². The molecule has 3 aromatic rings. The van der Waals surface area contributed by atoms with E-state index in [2.05, 4.69) is 5.32 Å². The SMILES string of the molecule is CCCOc1ccc(/C=C2\C(=O)NC(=O)N(c3ccc(OCc4ccc(Cl)cc4)cc3)C2=O)cc1Cl. The summed E-state index contributed by atoms with van der Waals surface area (Å²) < 4.78 is 11.3. The van der Waals surface area contributed by atoms with E-state index in [-0.39, 0.29) is 11.3 Å². The molecular formula is C27H22Cl2N2O5. The molecule has 0 unspecified atom stereocenters. The van der Waals surface area contributed by atoms with Gasteiger partial charge >= 0.3 is 6.03 Å². The number of halogens is 2. The standard InChI is InChI=1S/C27H22Cl2N2O5/c1-2-13-35-24-12-5-18(15-23(24)29)14-22-25(32)30-27(34)31(26(22)33)20-8-10-21(11-9-20)36-16-17-3-6-19(28)7-4-17/h3-12,14-15H,2,13,16H2,1H3,(H,30,32,34)/b22-14+. The van der Waals surface area contributed by atoms with E-state index in [1.165, 1.54) is 6.08 Å². The molecule has 0 saturated carbocycles. The highest BCUT2D eigenvalue weighted by atomic mass is 35.5. The van der Waals surface area contributed by atoms with Gasteiger partial charge in [0, 0.05) is 5.02 Å². The van der Waals surface area contributed by atoms with Crippen LogP contribution in [0.3, 0.4) is 0 Å². The van der Waals surface area contributed by atoms with Crippen LogP contribution in [0, 0.1) is 0 Å². The van der Waals surface area contributed by atoms with Crippen molar-refractivity contribution in [3.05, 3.63) is 93.5 Å². The molecular weight excluding hydrogens is 503 g/mol. The molecule has 184 valence electrons. The maximum Gasteiger partial charge on any atom is 0.335 e. The Hall–Kier alpha value is -3.81. The number of anilines is 1. The van der Waals surface area contributed by atoms with Crippen LogP contribution in [-0.4, -0.2) is 24.5 Å². The van der Waals surface area contributed by atoms with Crippen LogP contribution in [0.1, 0.15) is 24.5 Å². The number of ether oxygens (including phenoxy) is 2. The minimum absolute atomic E-state index is 0.198. The van der Waals surface area contributed by atoms with Gasteiger partial charge in [0.05, 0.1) is 17.3 Å². The first-order chi connectivity index (χ1) is 17.4. The fourth-order valence-corrected chi connectivity index (χ4v) is 3.80. The fraction of sp³-hybridized carbons (Fsp3) is 0.148. The van der Waals surface area contributed by atoms with Gasteiger partial charge in [0.15, 0.2) is 0 Å². The first kappa shape index (κ1) is 25.3. The quantitative estimate of drug-likeness (QED) is 0.287. The van der Waals surface area contributed by atoms with Crippen LogP contribution in [0.25, 0.3) is 6.08 Å². The van der Waals surface area contributed by atoms with Gasteiger partial charge < -0.3 is 9.47 Å². The fourth-order valence-electron chi connectivity index (χ4n) is 3.43. The summed E-state index contributed by atoms with van der Waals surface area (Å²) in [6.45, 7) is 2.82. The lowest BCUT2D eigenvalue weighted by Gasteiger charge is -2.26. The molecule has 4 rings (SSSR count). The Bertz CT molecular complexity index is 1320. The molecule has 1 saturated heterocycles. The topological polar surface area (TPSA) is 84.9 Å². The zero-order valence-corrected chi connectivity index (χ0v) is 20.8. The number of carbonyl (C=O) groups excluding carboxylic acids is 3. The summed E-state index contributed by atoms with van der Waals surface area (Å²) in [5.41, 5.74) is 1.54. The molecule has 9 heteroatoms. The summed E-state index contributed by atoms with van der Waals surface area (Å²) in [6.07, 6.45) is 2.21. The second-order valence-corrected chi connectivity index (χ2v) is 8.75. The molecule has 0 aromatic heterocycles. The molecule has 36 heavy (non-hydrogen) atoms. The molecule has 1 fully saturated rings. The van der Waals surface area contributed by atoms with Crippen LogP contribution in [0.4, 0.5) is 10.5 Å². The van der Waals surface area contributed by atoms with E-state index in [0.717, 1.165) is 16.9 Å². The number of rotatable bonds is 8. The predicted octanol–water partition coefficient (Wildman–Crippen LogP) is 6.03. The van der Waals surface area contributed by atoms with Gasteiger partial charge in [-0.05, 0) is 72.2 Å². The Balaban J connectivity index is 1.50. The molecule has 1 heterocycles. The molecule has 1 aliphatic heterocycles. The van der Waals surface area contributed by atoms with Gasteiger partial charge in [-0.1, -0.05) is 48.3 Å². The zero-order chi connectivity index (χ0) is 25.7. The van der Waals surface area contributed by atoms with Gasteiger partial charge in [-0.15, -0.1) is 0 Å². The number of nitrogens with one attached hydrogen (secondary N) is 1. The summed E-state index contributed by atoms with van der Waals surface area (Å²) >= 11 is 12.2. The second-order valence-electron chi connectivity index (χ2n) is 7.91. The highest BCUT2D eigenvalue weighted by Gasteiger charge is 2.36. The number of nitrogens with zero attached hydrogens (tertiary/aromatic N) is 1. The normalized spacial score (nSPS) is 14.7. The predicted molar refractivity (Wildman–Crippen MR) is 138 cm³/mol. The van der Waals surface area contributed by atoms with E-state index < -0.39 is 17.8 Å². The number of benzene rings is 3. The largest absolute Gasteiger partial charge is 0.492 e. The van der Waals surface area contributed by atoms with E-state index in [1.54, 1.807) is 54.6 Å². The highest BCUT2D eigenvalue weighted by Crippen LogP contribution is 2.28. The van der Waals surface area contributed by atoms with Crippen molar-refractivity contribution in [2.24, 2.45) is 0 Å². The number of imide groups is 2. The number of hydrogen-bond acceptors (Lipinski definition) is 5. The van der Waals surface area contributed by atoms with E-state index in [9.17, 15) is 14.4 Å². The monoisotopic (exact) mass is 524 g/mol. The number of amides is 4. The minimum Gasteiger partial charge on any atom is -0.492 e. The van der Waals surface area contributed by atoms with Crippen molar-refractivity contribution in [2.75, 3.05) is 11.5 Å². The van der Waals surface area contributed by atoms with Crippen molar-refractivity contribution in [1.29, 1.82) is 0 Å². The number of carbonyl (C=O) groups is 3. The lowest BCUT2D eigenvalue weighted by Crippen LogP contribution is -2.54. The lowest BCUT2D eigenvalue weighted by atomic mass is 10.1. The number of urea groups is 1. The van der Waals surface area contributed by atoms with E-state index in [0.29, 0.717) is 40.3 Å². The third-order valence-corrected chi connectivity index (χ3v) is 5.79. The van der Waals surface area contributed by atoms with Gasteiger partial charge in [-0.25, -0.2) is 9.69 Å². The van der Waals surface area contributed by atoms with Crippen molar-refractivity contribution in [3.8, 4) is 11.5 Å². The highest BCUT2D eigenvalue weighted by molar-refractivity contribution is 6.39. The molecule has 1 aliphatic rings. The van der Waals surface area contributed by atoms with Gasteiger partial charge in [0.2, 0.25) is 0 Å². The van der Waals surface area contributed by atoms with Crippen LogP contribution in [0.2, 0.25) is 10.0 Å². The summed E-state index contributed by atoms with van der Waals surface area (Å²) in [5.74, 6) is -0.478. The van der Waals surface area contributed by atoms with Crippen LogP contribution in [0.5, 0.6) is 11.5 Å². The maximum absolute atomic E-state index is 13.1. The zero-order valence-electron chi connectivity index (χ0n) is 19.3. The van der Waals surface area contributed by atoms with Crippen molar-refractivity contribution < 1.29 is 23.9 Å². The average molecular weight is 525 g/mol. The lowest BCUT2D eigenvalue weighted by molar-refractivity contribution is -0.122. The molecule has 3 aromatic carbocycles. The van der Waals surface area contributed by atoms with E-state index in [1.807, 2.05) is 19.1 Å². The minimum atomic E-state index is -0.835. The van der Waals surface area contributed by atoms with Gasteiger partial charge in [0.1, 0.15) is 23.7 Å². The summed E-state index contributed by atoms with van der Waals surface area (Å²) in [5, 5.41) is 3.20. The first-order valence-electron chi connectivity index (χ1n) is 11.2. The van der Waals surface area contributed by atoms with Crippen molar-refractivity contribution in [2.45, 2.75) is 20.0 Å². The second kappa shape index (κ2) is 11.3. The van der Waals surface area contributed by atoms with Gasteiger partial charge in [-0.3, -0.25) is 14.9 Å². The first-order valence-corrected chi connectivity index (χ1v) is 11.9. The smallest absolute Gasteiger partial charge is 0.335 e. The Morgan fingerprint density at radius 2 is 1.64 bits per heavy atom. The van der Waals surface area contributed by atoms with Crippen LogP contribution >= 0.6 is 23.2 Å². The van der Waals surface area contributed by atoms with Crippen LogP contribution in [0.15, 0.2) is 72.3 Å². The van der Waals surface area contributed by atoms with Gasteiger partial charge in [-0.2, -0.15) is 0 Å². The molecule has 0 radical (unpaired) electrons. The van der Waals surface area contributed by atoms with Crippen molar-refractivity contribution >= 4 is 52.8 Å². The Morgan fingerprint density at radius 1 is 0.917 bits per heavy atom. The molecule has 0 atom stereocenters. The van der Waals surface area contributed by atoms with Gasteiger partial charge in [0.25, 0.3) is 11.8 Å². The molecule has 1 N–H and O–H groups in total. The molecule has 0 spiro atoms. The van der Waals surface area contributed by atoms with Crippen molar-refractivity contribution in [1.82, 2.24) is 5.32 Å². The molecule has 4 amide bonds.